The van der Waals surface area contributed by atoms with Crippen LogP contribution < -0.4 is 0 Å². The van der Waals surface area contributed by atoms with Crippen LogP contribution in [-0.4, -0.2) is 52.3 Å². The van der Waals surface area contributed by atoms with E-state index in [2.05, 4.69) is 0 Å². The molecule has 8 bridgehead atoms. The van der Waals surface area contributed by atoms with Crippen molar-refractivity contribution in [2.24, 2.45) is 23.7 Å². The average molecular weight is 449 g/mol. The summed E-state index contributed by atoms with van der Waals surface area (Å²) in [6.45, 7) is 3.69. The lowest BCUT2D eigenvalue weighted by molar-refractivity contribution is -0.311. The van der Waals surface area contributed by atoms with Gasteiger partial charge in [-0.3, -0.25) is 9.59 Å². The molecule has 7 heteroatoms. The number of esters is 2. The molecule has 7 nitrogen and oxygen atoms in total. The van der Waals surface area contributed by atoms with Crippen molar-refractivity contribution in [3.05, 3.63) is 0 Å². The van der Waals surface area contributed by atoms with Gasteiger partial charge in [0.05, 0.1) is 17.1 Å². The standard InChI is InChI=1S/C25H36O7/c1-3-20(26)32-25-11-15-5-18(12-25)22(27)30-19(6-15)21(25)29-14(2)31-24-9-16-4-17(10-24)8-23(28,7-16)13-24/h14-19,21,28H,3-13H2,1-2H3. The zero-order valence-electron chi connectivity index (χ0n) is 19.2. The van der Waals surface area contributed by atoms with Gasteiger partial charge in [0.15, 0.2) is 6.29 Å². The Kier molecular flexibility index (Phi) is 4.78. The van der Waals surface area contributed by atoms with Crippen LogP contribution in [-0.2, 0) is 28.5 Å². The number of fused-ring (bicyclic) bond motifs is 1. The second kappa shape index (κ2) is 7.16. The summed E-state index contributed by atoms with van der Waals surface area (Å²) in [5, 5.41) is 11.1. The number of ether oxygens (including phenoxy) is 4. The molecule has 0 aromatic heterocycles. The first kappa shape index (κ1) is 21.4. The maximum atomic E-state index is 12.6. The minimum absolute atomic E-state index is 0.183. The number of rotatable bonds is 6. The van der Waals surface area contributed by atoms with Gasteiger partial charge in [-0.25, -0.2) is 0 Å². The highest BCUT2D eigenvalue weighted by Crippen LogP contribution is 2.59. The van der Waals surface area contributed by atoms with E-state index < -0.39 is 29.7 Å². The molecule has 0 radical (unpaired) electrons. The maximum Gasteiger partial charge on any atom is 0.309 e. The van der Waals surface area contributed by atoms with Crippen molar-refractivity contribution in [1.82, 2.24) is 0 Å². The molecule has 0 spiro atoms. The van der Waals surface area contributed by atoms with Crippen LogP contribution in [0.3, 0.4) is 0 Å². The lowest BCUT2D eigenvalue weighted by atomic mass is 9.52. The van der Waals surface area contributed by atoms with Crippen molar-refractivity contribution in [1.29, 1.82) is 0 Å². The summed E-state index contributed by atoms with van der Waals surface area (Å²) in [5.74, 6) is 0.683. The summed E-state index contributed by atoms with van der Waals surface area (Å²) in [5.41, 5.74) is -1.77. The van der Waals surface area contributed by atoms with Gasteiger partial charge in [0, 0.05) is 19.3 Å². The fourth-order valence-corrected chi connectivity index (χ4v) is 8.80. The van der Waals surface area contributed by atoms with Crippen LogP contribution in [0.15, 0.2) is 0 Å². The summed E-state index contributed by atoms with van der Waals surface area (Å²) < 4.78 is 25.0. The van der Waals surface area contributed by atoms with E-state index in [1.165, 1.54) is 6.42 Å². The van der Waals surface area contributed by atoms with Gasteiger partial charge in [-0.1, -0.05) is 6.92 Å². The lowest BCUT2D eigenvalue weighted by Gasteiger charge is -2.60. The van der Waals surface area contributed by atoms with Gasteiger partial charge in [-0.15, -0.1) is 0 Å². The number of carbonyl (C=O) groups is 2. The molecule has 0 aromatic rings. The Morgan fingerprint density at radius 1 is 1.09 bits per heavy atom. The molecular weight excluding hydrogens is 412 g/mol. The Balaban J connectivity index is 1.23. The van der Waals surface area contributed by atoms with Gasteiger partial charge in [0.2, 0.25) is 0 Å². The third-order valence-corrected chi connectivity index (χ3v) is 9.20. The van der Waals surface area contributed by atoms with E-state index in [-0.39, 0.29) is 23.5 Å². The molecule has 8 aliphatic rings. The zero-order chi connectivity index (χ0) is 22.3. The molecule has 0 aromatic carbocycles. The Bertz CT molecular complexity index is 796. The van der Waals surface area contributed by atoms with Crippen molar-refractivity contribution in [3.8, 4) is 0 Å². The molecule has 2 aliphatic heterocycles. The maximum absolute atomic E-state index is 12.6. The Morgan fingerprint density at radius 2 is 1.84 bits per heavy atom. The normalized spacial score (nSPS) is 51.4. The molecule has 1 N–H and O–H groups in total. The van der Waals surface area contributed by atoms with Gasteiger partial charge >= 0.3 is 11.9 Å². The number of aliphatic hydroxyl groups is 1. The fourth-order valence-electron chi connectivity index (χ4n) is 8.80. The van der Waals surface area contributed by atoms with Gasteiger partial charge in [0.1, 0.15) is 17.8 Å². The molecule has 32 heavy (non-hydrogen) atoms. The van der Waals surface area contributed by atoms with Crippen molar-refractivity contribution in [3.63, 3.8) is 0 Å². The van der Waals surface area contributed by atoms with Crippen LogP contribution in [0, 0.1) is 23.7 Å². The molecule has 8 atom stereocenters. The minimum atomic E-state index is -0.826. The van der Waals surface area contributed by atoms with Crippen LogP contribution in [0.5, 0.6) is 0 Å². The van der Waals surface area contributed by atoms with E-state index in [4.69, 9.17) is 18.9 Å². The average Bonchev–Trinajstić information content (AvgIpc) is 2.82. The quantitative estimate of drug-likeness (QED) is 0.493. The molecule has 2 saturated heterocycles. The van der Waals surface area contributed by atoms with Crippen LogP contribution >= 0.6 is 0 Å². The summed E-state index contributed by atoms with van der Waals surface area (Å²) in [4.78, 5) is 25.0. The first-order valence-corrected chi connectivity index (χ1v) is 12.7. The van der Waals surface area contributed by atoms with Crippen molar-refractivity contribution >= 4 is 11.9 Å². The summed E-state index contributed by atoms with van der Waals surface area (Å²) in [7, 11) is 0. The first-order valence-electron chi connectivity index (χ1n) is 12.7. The highest BCUT2D eigenvalue weighted by atomic mass is 16.7. The van der Waals surface area contributed by atoms with Gasteiger partial charge < -0.3 is 24.1 Å². The molecule has 8 unspecified atom stereocenters. The summed E-state index contributed by atoms with van der Waals surface area (Å²) >= 11 is 0. The van der Waals surface area contributed by atoms with Crippen molar-refractivity contribution < 1.29 is 33.6 Å². The summed E-state index contributed by atoms with van der Waals surface area (Å²) in [6.07, 6.45) is 7.17. The topological polar surface area (TPSA) is 91.3 Å². The monoisotopic (exact) mass is 448 g/mol. The Labute approximate surface area is 189 Å². The van der Waals surface area contributed by atoms with E-state index in [1.54, 1.807) is 6.92 Å². The minimum Gasteiger partial charge on any atom is -0.459 e. The second-order valence-electron chi connectivity index (χ2n) is 11.9. The van der Waals surface area contributed by atoms with Crippen LogP contribution in [0.1, 0.15) is 84.5 Å². The van der Waals surface area contributed by atoms with Gasteiger partial charge in [-0.2, -0.15) is 0 Å². The molecule has 8 rings (SSSR count). The SMILES string of the molecule is CCC(=O)OC12CC3CC(C1)C(=O)OC(C3)C2OC(C)OC12CC3CC(CC(O)(C3)C1)C2. The van der Waals surface area contributed by atoms with E-state index in [1.807, 2.05) is 6.92 Å². The molecule has 6 saturated carbocycles. The van der Waals surface area contributed by atoms with Gasteiger partial charge in [0.25, 0.3) is 0 Å². The van der Waals surface area contributed by atoms with Crippen LogP contribution in [0.25, 0.3) is 0 Å². The second-order valence-corrected chi connectivity index (χ2v) is 11.9. The smallest absolute Gasteiger partial charge is 0.309 e. The lowest BCUT2D eigenvalue weighted by Crippen LogP contribution is -2.62. The fraction of sp³-hybridized carbons (Fsp3) is 0.920. The zero-order valence-corrected chi connectivity index (χ0v) is 19.2. The first-order chi connectivity index (χ1) is 15.2. The van der Waals surface area contributed by atoms with Crippen molar-refractivity contribution in [2.45, 2.75) is 120 Å². The largest absolute Gasteiger partial charge is 0.459 e. The number of hydrogen-bond donors (Lipinski definition) is 1. The van der Waals surface area contributed by atoms with E-state index >= 15 is 0 Å². The van der Waals surface area contributed by atoms with E-state index in [0.717, 1.165) is 44.9 Å². The molecule has 178 valence electrons. The third kappa shape index (κ3) is 3.41. The molecule has 6 aliphatic carbocycles. The molecular formula is C25H36O7. The number of carbonyl (C=O) groups excluding carboxylic acids is 2. The van der Waals surface area contributed by atoms with Crippen LogP contribution in [0.2, 0.25) is 0 Å². The predicted molar refractivity (Wildman–Crippen MR) is 112 cm³/mol. The van der Waals surface area contributed by atoms with E-state index in [9.17, 15) is 14.7 Å². The molecule has 8 fully saturated rings. The van der Waals surface area contributed by atoms with Crippen molar-refractivity contribution in [2.75, 3.05) is 0 Å². The Hall–Kier alpha value is -1.18. The number of hydrogen-bond acceptors (Lipinski definition) is 7. The highest BCUT2D eigenvalue weighted by molar-refractivity contribution is 5.75. The molecule has 2 heterocycles. The third-order valence-electron chi connectivity index (χ3n) is 9.20. The van der Waals surface area contributed by atoms with Gasteiger partial charge in [-0.05, 0) is 76.0 Å². The van der Waals surface area contributed by atoms with E-state index in [0.29, 0.717) is 37.0 Å². The molecule has 0 amide bonds. The summed E-state index contributed by atoms with van der Waals surface area (Å²) in [6, 6.07) is 0. The highest BCUT2D eigenvalue weighted by Gasteiger charge is 2.63. The predicted octanol–water partition coefficient (Wildman–Crippen LogP) is 3.26. The van der Waals surface area contributed by atoms with Crippen LogP contribution in [0.4, 0.5) is 0 Å². The Morgan fingerprint density at radius 3 is 2.53 bits per heavy atom.